The highest BCUT2D eigenvalue weighted by Gasteiger charge is 2.08. The summed E-state index contributed by atoms with van der Waals surface area (Å²) in [5.74, 6) is 0.605. The zero-order chi connectivity index (χ0) is 13.1. The molecule has 0 amide bonds. The lowest BCUT2D eigenvalue weighted by Gasteiger charge is -2.04. The molecule has 3 nitrogen and oxygen atoms in total. The fourth-order valence-electron chi connectivity index (χ4n) is 1.46. The van der Waals surface area contributed by atoms with E-state index in [1.807, 2.05) is 18.2 Å². The van der Waals surface area contributed by atoms with E-state index in [2.05, 4.69) is 40.1 Å². The summed E-state index contributed by atoms with van der Waals surface area (Å²) in [4.78, 5) is 4.43. The van der Waals surface area contributed by atoms with Gasteiger partial charge in [-0.25, -0.2) is 4.98 Å². The van der Waals surface area contributed by atoms with Crippen molar-refractivity contribution in [3.8, 4) is 11.5 Å². The quantitative estimate of drug-likeness (QED) is 0.911. The zero-order valence-electron chi connectivity index (χ0n) is 10.2. The number of aromatic nitrogens is 1. The minimum atomic E-state index is 0.426. The van der Waals surface area contributed by atoms with Crippen molar-refractivity contribution in [2.75, 3.05) is 0 Å². The summed E-state index contributed by atoms with van der Waals surface area (Å²) in [5, 5.41) is 3.97. The molecule has 0 aliphatic rings. The highest BCUT2D eigenvalue weighted by atomic mass is 79.9. The Morgan fingerprint density at radius 2 is 2.22 bits per heavy atom. The fraction of sp³-hybridized carbons (Fsp3) is 0.308. The minimum Gasteiger partial charge on any atom is -0.444 e. The van der Waals surface area contributed by atoms with E-state index in [9.17, 15) is 0 Å². The van der Waals surface area contributed by atoms with Crippen LogP contribution in [0.3, 0.4) is 0 Å². The predicted octanol–water partition coefficient (Wildman–Crippen LogP) is 4.26. The summed E-state index contributed by atoms with van der Waals surface area (Å²) in [7, 11) is 0. The van der Waals surface area contributed by atoms with E-state index < -0.39 is 0 Å². The van der Waals surface area contributed by atoms with Gasteiger partial charge in [0.25, 0.3) is 0 Å². The van der Waals surface area contributed by atoms with Gasteiger partial charge in [0.2, 0.25) is 5.89 Å². The SMILES string of the molecule is CC(C)NCc1coc(-c2ccc(Cl)c(Br)c2)n1. The van der Waals surface area contributed by atoms with Crippen LogP contribution in [0.25, 0.3) is 11.5 Å². The van der Waals surface area contributed by atoms with Crippen LogP contribution in [0.5, 0.6) is 0 Å². The first-order valence-electron chi connectivity index (χ1n) is 5.69. The molecule has 1 heterocycles. The Morgan fingerprint density at radius 3 is 2.89 bits per heavy atom. The molecule has 1 aromatic carbocycles. The number of hydrogen-bond acceptors (Lipinski definition) is 3. The van der Waals surface area contributed by atoms with Gasteiger partial charge in [0.15, 0.2) is 0 Å². The van der Waals surface area contributed by atoms with E-state index in [0.717, 1.165) is 15.7 Å². The molecule has 0 aliphatic heterocycles. The number of benzene rings is 1. The number of rotatable bonds is 4. The molecule has 1 N–H and O–H groups in total. The van der Waals surface area contributed by atoms with E-state index in [1.165, 1.54) is 0 Å². The van der Waals surface area contributed by atoms with Crippen LogP contribution in [0, 0.1) is 0 Å². The van der Waals surface area contributed by atoms with Crippen molar-refractivity contribution in [1.29, 1.82) is 0 Å². The van der Waals surface area contributed by atoms with Crippen molar-refractivity contribution >= 4 is 27.5 Å². The molecule has 2 aromatic rings. The first-order valence-corrected chi connectivity index (χ1v) is 6.86. The Bertz CT molecular complexity index is 540. The van der Waals surface area contributed by atoms with Crippen molar-refractivity contribution in [2.24, 2.45) is 0 Å². The summed E-state index contributed by atoms with van der Waals surface area (Å²) in [6, 6.07) is 6.03. The largest absolute Gasteiger partial charge is 0.444 e. The maximum absolute atomic E-state index is 5.95. The average Bonchev–Trinajstić information content (AvgIpc) is 2.79. The fourth-order valence-corrected chi connectivity index (χ4v) is 1.95. The lowest BCUT2D eigenvalue weighted by atomic mass is 10.2. The maximum atomic E-state index is 5.95. The van der Waals surface area contributed by atoms with E-state index in [-0.39, 0.29) is 0 Å². The Hall–Kier alpha value is -0.840. The van der Waals surface area contributed by atoms with Gasteiger partial charge in [-0.1, -0.05) is 25.4 Å². The second kappa shape index (κ2) is 5.87. The zero-order valence-corrected chi connectivity index (χ0v) is 12.5. The lowest BCUT2D eigenvalue weighted by molar-refractivity contribution is 0.560. The molecule has 0 bridgehead atoms. The van der Waals surface area contributed by atoms with Gasteiger partial charge < -0.3 is 9.73 Å². The third kappa shape index (κ3) is 3.34. The highest BCUT2D eigenvalue weighted by Crippen LogP contribution is 2.28. The third-order valence-electron chi connectivity index (χ3n) is 2.41. The maximum Gasteiger partial charge on any atom is 0.226 e. The first kappa shape index (κ1) is 13.6. The molecular weight excluding hydrogens is 316 g/mol. The molecule has 1 aromatic heterocycles. The predicted molar refractivity (Wildman–Crippen MR) is 76.6 cm³/mol. The minimum absolute atomic E-state index is 0.426. The van der Waals surface area contributed by atoms with Crippen molar-refractivity contribution in [1.82, 2.24) is 10.3 Å². The topological polar surface area (TPSA) is 38.1 Å². The lowest BCUT2D eigenvalue weighted by Crippen LogP contribution is -2.21. The summed E-state index contributed by atoms with van der Waals surface area (Å²) in [5.41, 5.74) is 1.80. The van der Waals surface area contributed by atoms with Crippen LogP contribution in [0.2, 0.25) is 5.02 Å². The molecule has 0 fully saturated rings. The van der Waals surface area contributed by atoms with Crippen LogP contribution in [0.15, 0.2) is 33.4 Å². The second-order valence-corrected chi connectivity index (χ2v) is 5.57. The Balaban J connectivity index is 2.16. The first-order chi connectivity index (χ1) is 8.56. The molecule has 2 rings (SSSR count). The van der Waals surface area contributed by atoms with Gasteiger partial charge in [0.05, 0.1) is 10.7 Å². The average molecular weight is 330 g/mol. The molecule has 0 radical (unpaired) electrons. The van der Waals surface area contributed by atoms with Gasteiger partial charge in [-0.05, 0) is 34.1 Å². The van der Waals surface area contributed by atoms with Crippen molar-refractivity contribution < 1.29 is 4.42 Å². The Kier molecular flexibility index (Phi) is 4.43. The molecule has 5 heteroatoms. The van der Waals surface area contributed by atoms with Gasteiger partial charge in [0, 0.05) is 22.6 Å². The van der Waals surface area contributed by atoms with Gasteiger partial charge in [-0.3, -0.25) is 0 Å². The van der Waals surface area contributed by atoms with Crippen LogP contribution in [0.1, 0.15) is 19.5 Å². The second-order valence-electron chi connectivity index (χ2n) is 4.31. The van der Waals surface area contributed by atoms with Crippen molar-refractivity contribution in [3.05, 3.63) is 39.7 Å². The number of nitrogens with zero attached hydrogens (tertiary/aromatic N) is 1. The molecule has 0 atom stereocenters. The van der Waals surface area contributed by atoms with Gasteiger partial charge in [0.1, 0.15) is 6.26 Å². The molecule has 0 unspecified atom stereocenters. The number of halogens is 2. The summed E-state index contributed by atoms with van der Waals surface area (Å²) >= 11 is 9.34. The molecular formula is C13H14BrClN2O. The molecule has 0 saturated carbocycles. The van der Waals surface area contributed by atoms with Crippen molar-refractivity contribution in [2.45, 2.75) is 26.4 Å². The standard InChI is InChI=1S/C13H14BrClN2O/c1-8(2)16-6-10-7-18-13(17-10)9-3-4-12(15)11(14)5-9/h3-5,7-8,16H,6H2,1-2H3. The normalized spacial score (nSPS) is 11.2. The van der Waals surface area contributed by atoms with E-state index in [4.69, 9.17) is 16.0 Å². The summed E-state index contributed by atoms with van der Waals surface area (Å²) in [6.45, 7) is 4.89. The third-order valence-corrected chi connectivity index (χ3v) is 3.62. The molecule has 0 aliphatic carbocycles. The molecule has 0 spiro atoms. The van der Waals surface area contributed by atoms with Crippen LogP contribution < -0.4 is 5.32 Å². The van der Waals surface area contributed by atoms with E-state index in [1.54, 1.807) is 6.26 Å². The number of hydrogen-bond donors (Lipinski definition) is 1. The van der Waals surface area contributed by atoms with Crippen LogP contribution in [-0.4, -0.2) is 11.0 Å². The highest BCUT2D eigenvalue weighted by molar-refractivity contribution is 9.10. The van der Waals surface area contributed by atoms with Gasteiger partial charge >= 0.3 is 0 Å². The van der Waals surface area contributed by atoms with Crippen molar-refractivity contribution in [3.63, 3.8) is 0 Å². The van der Waals surface area contributed by atoms with Gasteiger partial charge in [-0.2, -0.15) is 0 Å². The van der Waals surface area contributed by atoms with E-state index >= 15 is 0 Å². The number of oxazole rings is 1. The molecule has 96 valence electrons. The monoisotopic (exact) mass is 328 g/mol. The molecule has 0 saturated heterocycles. The smallest absolute Gasteiger partial charge is 0.226 e. The Labute approximate surface area is 120 Å². The van der Waals surface area contributed by atoms with E-state index in [0.29, 0.717) is 23.5 Å². The molecule has 18 heavy (non-hydrogen) atoms. The number of nitrogens with one attached hydrogen (secondary N) is 1. The Morgan fingerprint density at radius 1 is 1.44 bits per heavy atom. The summed E-state index contributed by atoms with van der Waals surface area (Å²) in [6.07, 6.45) is 1.67. The van der Waals surface area contributed by atoms with Crippen LogP contribution in [0.4, 0.5) is 0 Å². The summed E-state index contributed by atoms with van der Waals surface area (Å²) < 4.78 is 6.30. The van der Waals surface area contributed by atoms with Crippen LogP contribution in [-0.2, 0) is 6.54 Å². The van der Waals surface area contributed by atoms with Gasteiger partial charge in [-0.15, -0.1) is 0 Å². The van der Waals surface area contributed by atoms with Crippen LogP contribution >= 0.6 is 27.5 Å².